The average molecular weight is 796 g/mol. The molecule has 0 unspecified atom stereocenters. The Bertz CT molecular complexity index is 2680. The Morgan fingerprint density at radius 1 is 0.246 bits per heavy atom. The van der Waals surface area contributed by atoms with Gasteiger partial charge in [-0.25, -0.2) is 49.8 Å². The molecular weight excluding hydrogens is 763 g/mol. The molecule has 0 atom stereocenters. The van der Waals surface area contributed by atoms with Crippen LogP contribution >= 0.6 is 0 Å². The van der Waals surface area contributed by atoms with Crippen molar-refractivity contribution in [3.8, 4) is 46.1 Å². The summed E-state index contributed by atoms with van der Waals surface area (Å²) >= 11 is 0. The Hall–Kier alpha value is -5.81. The van der Waals surface area contributed by atoms with Crippen molar-refractivity contribution >= 4 is 44.7 Å². The van der Waals surface area contributed by atoms with E-state index in [1.165, 1.54) is 0 Å². The molecule has 0 aromatic carbocycles. The summed E-state index contributed by atoms with van der Waals surface area (Å²) in [6, 6.07) is 0. The van der Waals surface area contributed by atoms with Crippen LogP contribution < -0.4 is 9.97 Å². The van der Waals surface area contributed by atoms with E-state index in [-0.39, 0.29) is 16.8 Å². The standard InChI is InChI=1S/C40H32N16.Co/c1-2-10-18-17(9-1)41-25-26(42-18)34-49-33(25)53-35-27-28(44-20-12-4-3-11-19(20)43-27)37(50-35)55-39-31-32(48-24-16-8-7-15-23(24)47-31)40(52-39)56-38-30-29(36(51-38)54-34)45-21-13-5-6-14-22(21)46-30;/h1-16H2;/q-2;+2. The molecule has 13 rings (SSSR count). The van der Waals surface area contributed by atoms with E-state index in [0.29, 0.717) is 90.7 Å². The van der Waals surface area contributed by atoms with E-state index in [1.54, 1.807) is 0 Å². The van der Waals surface area contributed by atoms with Crippen LogP contribution in [0.15, 0.2) is 0 Å². The maximum absolute atomic E-state index is 5.14. The van der Waals surface area contributed by atoms with Crippen molar-refractivity contribution in [2.24, 2.45) is 0 Å². The molecule has 0 spiro atoms. The quantitative estimate of drug-likeness (QED) is 0.202. The van der Waals surface area contributed by atoms with Crippen molar-refractivity contribution in [3.63, 3.8) is 0 Å². The number of hydrogen-bond acceptors (Lipinski definition) is 14. The molecule has 0 saturated carbocycles. The maximum Gasteiger partial charge on any atom is 2.00 e. The molecule has 0 amide bonds. The van der Waals surface area contributed by atoms with E-state index in [9.17, 15) is 0 Å². The minimum absolute atomic E-state index is 0. The van der Waals surface area contributed by atoms with Crippen molar-refractivity contribution in [3.05, 3.63) is 45.6 Å². The fourth-order valence-electron chi connectivity index (χ4n) is 9.06. The van der Waals surface area contributed by atoms with Crippen LogP contribution in [0.2, 0.25) is 0 Å². The van der Waals surface area contributed by atoms with E-state index in [1.807, 2.05) is 0 Å². The monoisotopic (exact) mass is 795 g/mol. The van der Waals surface area contributed by atoms with Gasteiger partial charge in [0.2, 0.25) is 0 Å². The van der Waals surface area contributed by atoms with E-state index < -0.39 is 0 Å². The molecule has 7 aromatic rings. The van der Waals surface area contributed by atoms with Gasteiger partial charge in [0.1, 0.15) is 68.1 Å². The Labute approximate surface area is 334 Å². The Morgan fingerprint density at radius 3 is 0.684 bits per heavy atom. The van der Waals surface area contributed by atoms with Gasteiger partial charge in [-0.3, -0.25) is 0 Å². The van der Waals surface area contributed by atoms with E-state index in [4.69, 9.17) is 79.7 Å². The van der Waals surface area contributed by atoms with E-state index in [2.05, 4.69) is 0 Å². The summed E-state index contributed by atoms with van der Waals surface area (Å²) in [6.07, 6.45) is 15.3. The van der Waals surface area contributed by atoms with Crippen LogP contribution in [-0.4, -0.2) is 69.8 Å². The van der Waals surface area contributed by atoms with Gasteiger partial charge in [0, 0.05) is 22.6 Å². The van der Waals surface area contributed by atoms with Gasteiger partial charge in [-0.15, -0.1) is 0 Å². The second-order valence-electron chi connectivity index (χ2n) is 15.6. The zero-order valence-electron chi connectivity index (χ0n) is 30.8. The zero-order valence-corrected chi connectivity index (χ0v) is 31.8. The van der Waals surface area contributed by atoms with Crippen LogP contribution in [0.25, 0.3) is 90.7 Å². The number of hydrogen-bond donors (Lipinski definition) is 0. The van der Waals surface area contributed by atoms with Gasteiger partial charge in [-0.1, -0.05) is 0 Å². The molecular formula is C40H32CoN16. The van der Waals surface area contributed by atoms with Gasteiger partial charge in [-0.2, -0.15) is 0 Å². The summed E-state index contributed by atoms with van der Waals surface area (Å²) in [6.45, 7) is 0. The minimum atomic E-state index is 0. The first kappa shape index (κ1) is 33.3. The van der Waals surface area contributed by atoms with Crippen molar-refractivity contribution < 1.29 is 16.8 Å². The minimum Gasteiger partial charge on any atom is -0.354 e. The molecule has 0 N–H and O–H groups in total. The fraction of sp³-hybridized carbons (Fsp3) is 0.400. The number of nitrogens with zero attached hydrogens (tertiary/aromatic N) is 16. The smallest absolute Gasteiger partial charge is 0.354 e. The molecule has 0 saturated heterocycles. The average Bonchev–Trinajstić information content (AvgIpc) is 3.95. The topological polar surface area (TPSA) is 209 Å². The summed E-state index contributed by atoms with van der Waals surface area (Å²) in [5.41, 5.74) is 13.7. The van der Waals surface area contributed by atoms with Crippen molar-refractivity contribution in [1.82, 2.24) is 79.7 Å². The van der Waals surface area contributed by atoms with Crippen LogP contribution in [0.5, 0.6) is 0 Å². The molecule has 7 aromatic heterocycles. The van der Waals surface area contributed by atoms with Gasteiger partial charge < -0.3 is 29.9 Å². The van der Waals surface area contributed by atoms with Crippen LogP contribution in [0.1, 0.15) is 96.9 Å². The third-order valence-corrected chi connectivity index (χ3v) is 11.9. The van der Waals surface area contributed by atoms with Crippen molar-refractivity contribution in [1.29, 1.82) is 0 Å². The Balaban J connectivity index is 0.00000356. The summed E-state index contributed by atoms with van der Waals surface area (Å²) in [7, 11) is 0. The van der Waals surface area contributed by atoms with Gasteiger partial charge >= 0.3 is 16.8 Å². The summed E-state index contributed by atoms with van der Waals surface area (Å²) in [5.74, 6) is 1.44. The van der Waals surface area contributed by atoms with Gasteiger partial charge in [0.15, 0.2) is 0 Å². The third kappa shape index (κ3) is 5.17. The van der Waals surface area contributed by atoms with Crippen molar-refractivity contribution in [2.75, 3.05) is 0 Å². The molecule has 0 fully saturated rings. The first-order valence-corrected chi connectivity index (χ1v) is 20.0. The molecule has 1 radical (unpaired) electrons. The largest absolute Gasteiger partial charge is 2.00 e. The number of aryl methyl sites for hydroxylation is 8. The summed E-state index contributed by atoms with van der Waals surface area (Å²) in [5, 5.41) is 0. The first-order chi connectivity index (χ1) is 27.7. The molecule has 8 bridgehead atoms. The molecule has 16 nitrogen and oxygen atoms in total. The number of rotatable bonds is 0. The van der Waals surface area contributed by atoms with Crippen LogP contribution in [0.3, 0.4) is 0 Å². The number of aromatic nitrogens is 16. The number of fused-ring (bicyclic) bond motifs is 24. The van der Waals surface area contributed by atoms with Gasteiger partial charge in [0.25, 0.3) is 0 Å². The molecule has 2 aliphatic heterocycles. The van der Waals surface area contributed by atoms with Gasteiger partial charge in [0.05, 0.1) is 45.6 Å². The fourth-order valence-corrected chi connectivity index (χ4v) is 9.06. The summed E-state index contributed by atoms with van der Waals surface area (Å²) in [4.78, 5) is 81.6. The molecule has 17 heteroatoms. The predicted molar refractivity (Wildman–Crippen MR) is 203 cm³/mol. The molecule has 281 valence electrons. The Morgan fingerprint density at radius 2 is 0.456 bits per heavy atom. The zero-order chi connectivity index (χ0) is 36.5. The normalized spacial score (nSPS) is 16.6. The molecule has 57 heavy (non-hydrogen) atoms. The van der Waals surface area contributed by atoms with E-state index in [0.717, 1.165) is 148 Å². The maximum atomic E-state index is 5.14. The molecule has 9 heterocycles. The Kier molecular flexibility index (Phi) is 7.37. The summed E-state index contributed by atoms with van der Waals surface area (Å²) < 4.78 is 0. The predicted octanol–water partition coefficient (Wildman–Crippen LogP) is 4.80. The second kappa shape index (κ2) is 12.6. The SMILES string of the molecule is C1CCc2nc3c(nc2C1)-c1nc-3nc2[n-]c(nc3nc(nc4[n-]c(n1)c1nc5c(nc41)CCCC5)-c1nc4c(nc1-3)CCCC4)c1nc3c(nc21)CCCC3.[Co+2]. The first-order valence-electron chi connectivity index (χ1n) is 20.0. The third-order valence-electron chi connectivity index (χ3n) is 11.9. The van der Waals surface area contributed by atoms with Crippen LogP contribution in [0.4, 0.5) is 0 Å². The van der Waals surface area contributed by atoms with Crippen LogP contribution in [0, 0.1) is 0 Å². The van der Waals surface area contributed by atoms with Gasteiger partial charge in [-0.05, 0) is 103 Å². The molecule has 6 aliphatic rings. The van der Waals surface area contributed by atoms with Crippen molar-refractivity contribution in [2.45, 2.75) is 103 Å². The van der Waals surface area contributed by atoms with E-state index >= 15 is 0 Å². The molecule has 4 aliphatic carbocycles. The second-order valence-corrected chi connectivity index (χ2v) is 15.6. The van der Waals surface area contributed by atoms with Crippen LogP contribution in [-0.2, 0) is 68.1 Å².